The molecule has 0 unspecified atom stereocenters. The Morgan fingerprint density at radius 2 is 0.931 bits per heavy atom. The number of benzene rings is 3. The van der Waals surface area contributed by atoms with Gasteiger partial charge in [-0.15, -0.1) is 0 Å². The van der Waals surface area contributed by atoms with Crippen molar-refractivity contribution in [3.05, 3.63) is 108 Å². The van der Waals surface area contributed by atoms with E-state index in [0.29, 0.717) is 0 Å². The summed E-state index contributed by atoms with van der Waals surface area (Å²) >= 11 is 0. The molecule has 3 aromatic rings. The molecule has 0 atom stereocenters. The molecule has 0 aliphatic heterocycles. The van der Waals surface area contributed by atoms with Crippen molar-refractivity contribution in [2.45, 2.75) is 19.6 Å². The molecule has 0 heterocycles. The predicted molar refractivity (Wildman–Crippen MR) is 113 cm³/mol. The van der Waals surface area contributed by atoms with E-state index < -0.39 is 10.4 Å². The maximum Gasteiger partial charge on any atom is 0.217 e. The molecule has 154 valence electrons. The highest BCUT2D eigenvalue weighted by Crippen LogP contribution is 2.21. The first-order chi connectivity index (χ1) is 13.8. The van der Waals surface area contributed by atoms with Crippen molar-refractivity contribution in [1.29, 1.82) is 0 Å². The third-order valence-electron chi connectivity index (χ3n) is 4.43. The molecule has 0 bridgehead atoms. The maximum atomic E-state index is 9.22. The van der Waals surface area contributed by atoms with Crippen molar-refractivity contribution in [3.8, 4) is 0 Å². The number of hydrogen-bond acceptors (Lipinski definition) is 4. The summed E-state index contributed by atoms with van der Waals surface area (Å²) in [6.45, 7) is 3.10. The highest BCUT2D eigenvalue weighted by Gasteiger charge is 2.23. The normalized spacial score (nSPS) is 11.4. The minimum Gasteiger partial charge on any atom is -0.726 e. The number of hydrogen-bond donors (Lipinski definition) is 0. The zero-order valence-electron chi connectivity index (χ0n) is 16.8. The first-order valence-electron chi connectivity index (χ1n) is 9.26. The van der Waals surface area contributed by atoms with Gasteiger partial charge in [0.2, 0.25) is 10.4 Å². The Labute approximate surface area is 173 Å². The summed E-state index contributed by atoms with van der Waals surface area (Å²) in [4.78, 5) is 0. The van der Waals surface area contributed by atoms with Gasteiger partial charge in [-0.3, -0.25) is 4.18 Å². The zero-order valence-corrected chi connectivity index (χ0v) is 17.6. The Morgan fingerprint density at radius 1 is 0.690 bits per heavy atom. The van der Waals surface area contributed by atoms with Crippen LogP contribution in [0.3, 0.4) is 0 Å². The molecule has 0 N–H and O–H groups in total. The van der Waals surface area contributed by atoms with Gasteiger partial charge in [-0.2, -0.15) is 0 Å². The van der Waals surface area contributed by atoms with Gasteiger partial charge in [0, 0.05) is 16.7 Å². The average Bonchev–Trinajstić information content (AvgIpc) is 2.70. The molecular weight excluding hydrogens is 386 g/mol. The minimum atomic E-state index is -4.41. The van der Waals surface area contributed by atoms with Gasteiger partial charge < -0.3 is 9.04 Å². The van der Waals surface area contributed by atoms with Crippen LogP contribution in [0.25, 0.3) is 0 Å². The first-order valence-corrected chi connectivity index (χ1v) is 10.6. The summed E-state index contributed by atoms with van der Waals surface area (Å²) in [5.41, 5.74) is 4.17. The third-order valence-corrected chi connectivity index (χ3v) is 4.83. The Morgan fingerprint density at radius 3 is 1.14 bits per heavy atom. The molecular formula is C23H27NO4S. The molecule has 3 rings (SSSR count). The SMILES string of the molecule is COS(=O)(=O)[O-].C[N+](Cc1ccccc1)(Cc1ccccc1)Cc1ccccc1. The highest BCUT2D eigenvalue weighted by atomic mass is 32.3. The maximum absolute atomic E-state index is 9.22. The molecule has 5 nitrogen and oxygen atoms in total. The van der Waals surface area contributed by atoms with E-state index in [9.17, 15) is 13.0 Å². The summed E-state index contributed by atoms with van der Waals surface area (Å²) in [6, 6.07) is 32.4. The van der Waals surface area contributed by atoms with Gasteiger partial charge in [0.1, 0.15) is 19.6 Å². The quantitative estimate of drug-likeness (QED) is 0.332. The second-order valence-electron chi connectivity index (χ2n) is 7.13. The van der Waals surface area contributed by atoms with Crippen molar-refractivity contribution in [2.24, 2.45) is 0 Å². The lowest BCUT2D eigenvalue weighted by Crippen LogP contribution is -2.41. The number of rotatable bonds is 7. The van der Waals surface area contributed by atoms with Gasteiger partial charge in [0.25, 0.3) is 0 Å². The van der Waals surface area contributed by atoms with E-state index in [1.807, 2.05) is 0 Å². The molecule has 0 aliphatic carbocycles. The zero-order chi connectivity index (χ0) is 21.2. The van der Waals surface area contributed by atoms with Crippen LogP contribution in [0.5, 0.6) is 0 Å². The van der Waals surface area contributed by atoms with Crippen LogP contribution in [0.2, 0.25) is 0 Å². The Kier molecular flexibility index (Phi) is 8.54. The molecule has 0 fully saturated rings. The fourth-order valence-electron chi connectivity index (χ4n) is 3.24. The van der Waals surface area contributed by atoms with E-state index in [1.165, 1.54) is 16.7 Å². The summed E-state index contributed by atoms with van der Waals surface area (Å²) in [5, 5.41) is 0. The van der Waals surface area contributed by atoms with Crippen molar-refractivity contribution >= 4 is 10.4 Å². The molecule has 0 radical (unpaired) electrons. The average molecular weight is 414 g/mol. The van der Waals surface area contributed by atoms with Crippen LogP contribution >= 0.6 is 0 Å². The Hall–Kier alpha value is -2.51. The van der Waals surface area contributed by atoms with Gasteiger partial charge >= 0.3 is 0 Å². The third kappa shape index (κ3) is 9.02. The van der Waals surface area contributed by atoms with Gasteiger partial charge in [-0.1, -0.05) is 91.0 Å². The summed E-state index contributed by atoms with van der Waals surface area (Å²) < 4.78 is 32.0. The van der Waals surface area contributed by atoms with Crippen LogP contribution in [0.4, 0.5) is 0 Å². The van der Waals surface area contributed by atoms with Gasteiger partial charge in [-0.25, -0.2) is 8.42 Å². The summed E-state index contributed by atoms with van der Waals surface area (Å²) in [6.07, 6.45) is 0. The highest BCUT2D eigenvalue weighted by molar-refractivity contribution is 7.80. The summed E-state index contributed by atoms with van der Waals surface area (Å²) in [7, 11) is -1.25. The van der Waals surface area contributed by atoms with Crippen molar-refractivity contribution in [2.75, 3.05) is 14.2 Å². The van der Waals surface area contributed by atoms with Crippen LogP contribution < -0.4 is 0 Å². The molecule has 3 aromatic carbocycles. The number of nitrogens with zero attached hydrogens (tertiary/aromatic N) is 1. The van der Waals surface area contributed by atoms with Crippen molar-refractivity contribution in [3.63, 3.8) is 0 Å². The first kappa shape index (κ1) is 22.8. The fourth-order valence-corrected chi connectivity index (χ4v) is 3.24. The molecule has 6 heteroatoms. The lowest BCUT2D eigenvalue weighted by molar-refractivity contribution is -0.948. The van der Waals surface area contributed by atoms with E-state index >= 15 is 0 Å². The van der Waals surface area contributed by atoms with Gasteiger partial charge in [-0.05, 0) is 0 Å². The van der Waals surface area contributed by atoms with Crippen LogP contribution in [0.15, 0.2) is 91.0 Å². The van der Waals surface area contributed by atoms with E-state index in [-0.39, 0.29) is 0 Å². The van der Waals surface area contributed by atoms with Crippen LogP contribution in [-0.2, 0) is 34.2 Å². The fraction of sp³-hybridized carbons (Fsp3) is 0.217. The van der Waals surface area contributed by atoms with Crippen molar-refractivity contribution < 1.29 is 21.6 Å². The molecule has 0 amide bonds. The molecule has 0 saturated carbocycles. The van der Waals surface area contributed by atoms with E-state index in [0.717, 1.165) is 31.2 Å². The summed E-state index contributed by atoms with van der Waals surface area (Å²) in [5.74, 6) is 0. The molecule has 0 aliphatic rings. The lowest BCUT2D eigenvalue weighted by atomic mass is 10.1. The Balaban J connectivity index is 0.000000438. The second kappa shape index (κ2) is 10.9. The largest absolute Gasteiger partial charge is 0.726 e. The van der Waals surface area contributed by atoms with Crippen LogP contribution in [0.1, 0.15) is 16.7 Å². The Bertz CT molecular complexity index is 845. The second-order valence-corrected chi connectivity index (χ2v) is 8.28. The number of quaternary nitrogens is 1. The van der Waals surface area contributed by atoms with E-state index in [4.69, 9.17) is 0 Å². The smallest absolute Gasteiger partial charge is 0.217 e. The monoisotopic (exact) mass is 413 g/mol. The van der Waals surface area contributed by atoms with Crippen LogP contribution in [0, 0.1) is 0 Å². The molecule has 0 spiro atoms. The van der Waals surface area contributed by atoms with E-state index in [2.05, 4.69) is 102 Å². The molecule has 29 heavy (non-hydrogen) atoms. The van der Waals surface area contributed by atoms with Crippen LogP contribution in [-0.4, -0.2) is 31.6 Å². The topological polar surface area (TPSA) is 66.4 Å². The minimum absolute atomic E-state index is 0.808. The van der Waals surface area contributed by atoms with E-state index in [1.54, 1.807) is 0 Å². The predicted octanol–water partition coefficient (Wildman–Crippen LogP) is 4.13. The lowest BCUT2D eigenvalue weighted by Gasteiger charge is -2.35. The standard InChI is InChI=1S/C22H24N.CH4O4S/c1-23(17-20-11-5-2-6-12-20,18-21-13-7-3-8-14-21)19-22-15-9-4-10-16-22;1-5-6(2,3)4/h2-16H,17-19H2,1H3;1H3,(H,2,3,4)/q+1;/p-1. The molecule has 0 saturated heterocycles. The van der Waals surface area contributed by atoms with Crippen molar-refractivity contribution in [1.82, 2.24) is 0 Å². The molecule has 0 aromatic heterocycles. The van der Waals surface area contributed by atoms with Gasteiger partial charge in [0.05, 0.1) is 14.2 Å². The van der Waals surface area contributed by atoms with Gasteiger partial charge in [0.15, 0.2) is 0 Å².